The highest BCUT2D eigenvalue weighted by molar-refractivity contribution is 5.48. The van der Waals surface area contributed by atoms with Crippen molar-refractivity contribution in [2.24, 2.45) is 17.6 Å². The maximum atomic E-state index is 5.67. The van der Waals surface area contributed by atoms with Gasteiger partial charge in [-0.3, -0.25) is 0 Å². The molecule has 0 aliphatic carbocycles. The van der Waals surface area contributed by atoms with Crippen LogP contribution in [0.5, 0.6) is 0 Å². The van der Waals surface area contributed by atoms with Crippen molar-refractivity contribution in [2.45, 2.75) is 46.7 Å². The molecule has 3 unspecified atom stereocenters. The number of aromatic nitrogens is 1. The Morgan fingerprint density at radius 1 is 1.39 bits per heavy atom. The normalized spacial score (nSPS) is 28.5. The molecule has 0 radical (unpaired) electrons. The van der Waals surface area contributed by atoms with Gasteiger partial charge in [0, 0.05) is 25.3 Å². The molecule has 0 saturated carbocycles. The third kappa shape index (κ3) is 2.51. The second-order valence-corrected chi connectivity index (χ2v) is 5.90. The van der Waals surface area contributed by atoms with Crippen molar-refractivity contribution in [1.82, 2.24) is 4.98 Å². The van der Waals surface area contributed by atoms with Gasteiger partial charge in [0.1, 0.15) is 5.82 Å². The summed E-state index contributed by atoms with van der Waals surface area (Å²) in [5.74, 6) is 2.61. The van der Waals surface area contributed by atoms with E-state index in [-0.39, 0.29) is 0 Å². The van der Waals surface area contributed by atoms with Gasteiger partial charge in [0.2, 0.25) is 0 Å². The third-order valence-electron chi connectivity index (χ3n) is 4.21. The van der Waals surface area contributed by atoms with E-state index in [1.807, 2.05) is 6.20 Å². The van der Waals surface area contributed by atoms with Crippen LogP contribution in [0.2, 0.25) is 0 Å². The third-order valence-corrected chi connectivity index (χ3v) is 4.21. The highest BCUT2D eigenvalue weighted by atomic mass is 15.2. The Kier molecular flexibility index (Phi) is 3.91. The zero-order valence-electron chi connectivity index (χ0n) is 12.0. The maximum Gasteiger partial charge on any atom is 0.131 e. The highest BCUT2D eigenvalue weighted by Gasteiger charge is 2.30. The summed E-state index contributed by atoms with van der Waals surface area (Å²) >= 11 is 0. The monoisotopic (exact) mass is 247 g/mol. The summed E-state index contributed by atoms with van der Waals surface area (Å²) in [4.78, 5) is 7.10. The van der Waals surface area contributed by atoms with Gasteiger partial charge in [-0.25, -0.2) is 4.98 Å². The first-order valence-electron chi connectivity index (χ1n) is 6.95. The Morgan fingerprint density at radius 3 is 2.72 bits per heavy atom. The number of rotatable bonds is 2. The van der Waals surface area contributed by atoms with E-state index < -0.39 is 0 Å². The average molecular weight is 247 g/mol. The number of hydrogen-bond donors (Lipinski definition) is 1. The Hall–Kier alpha value is -1.09. The number of anilines is 1. The van der Waals surface area contributed by atoms with Gasteiger partial charge < -0.3 is 10.6 Å². The lowest BCUT2D eigenvalue weighted by atomic mass is 9.86. The lowest BCUT2D eigenvalue weighted by molar-refractivity contribution is 0.295. The Bertz CT molecular complexity index is 416. The van der Waals surface area contributed by atoms with Crippen LogP contribution in [0.1, 0.15) is 38.3 Å². The Morgan fingerprint density at radius 2 is 2.11 bits per heavy atom. The van der Waals surface area contributed by atoms with Crippen molar-refractivity contribution in [2.75, 3.05) is 11.4 Å². The molecule has 0 bridgehead atoms. The van der Waals surface area contributed by atoms with Gasteiger partial charge >= 0.3 is 0 Å². The van der Waals surface area contributed by atoms with Crippen molar-refractivity contribution in [3.8, 4) is 0 Å². The molecule has 0 amide bonds. The van der Waals surface area contributed by atoms with E-state index in [4.69, 9.17) is 5.73 Å². The minimum atomic E-state index is 0.566. The van der Waals surface area contributed by atoms with Gasteiger partial charge in [-0.15, -0.1) is 0 Å². The number of nitrogens with zero attached hydrogens (tertiary/aromatic N) is 2. The SMILES string of the molecule is Cc1cc(CN)cnc1N1CC(C)CC(C)C1C. The van der Waals surface area contributed by atoms with Gasteiger partial charge in [-0.1, -0.05) is 13.8 Å². The Balaban J connectivity index is 2.29. The largest absolute Gasteiger partial charge is 0.353 e. The molecule has 3 nitrogen and oxygen atoms in total. The summed E-state index contributed by atoms with van der Waals surface area (Å²) in [6, 6.07) is 2.73. The second kappa shape index (κ2) is 5.27. The summed E-state index contributed by atoms with van der Waals surface area (Å²) in [5.41, 5.74) is 8.02. The molecule has 2 rings (SSSR count). The smallest absolute Gasteiger partial charge is 0.131 e. The van der Waals surface area contributed by atoms with E-state index in [2.05, 4.69) is 43.6 Å². The number of nitrogens with two attached hydrogens (primary N) is 1. The summed E-state index contributed by atoms with van der Waals surface area (Å²) in [6.07, 6.45) is 3.23. The molecule has 3 atom stereocenters. The van der Waals surface area contributed by atoms with Gasteiger partial charge in [-0.2, -0.15) is 0 Å². The maximum absolute atomic E-state index is 5.67. The summed E-state index contributed by atoms with van der Waals surface area (Å²) in [6.45, 7) is 10.8. The Labute approximate surface area is 110 Å². The van der Waals surface area contributed by atoms with Crippen LogP contribution in [0.4, 0.5) is 5.82 Å². The van der Waals surface area contributed by atoms with Crippen LogP contribution < -0.4 is 10.6 Å². The zero-order chi connectivity index (χ0) is 13.3. The minimum Gasteiger partial charge on any atom is -0.353 e. The predicted molar refractivity (Wildman–Crippen MR) is 76.6 cm³/mol. The molecular weight excluding hydrogens is 222 g/mol. The lowest BCUT2D eigenvalue weighted by Crippen LogP contribution is -2.46. The quantitative estimate of drug-likeness (QED) is 0.873. The topological polar surface area (TPSA) is 42.1 Å². The standard InChI is InChI=1S/C15H25N3/c1-10-5-11(2)13(4)18(9-10)15-12(3)6-14(7-16)8-17-15/h6,8,10-11,13H,5,7,9,16H2,1-4H3. The fraction of sp³-hybridized carbons (Fsp3) is 0.667. The molecule has 1 saturated heterocycles. The highest BCUT2D eigenvalue weighted by Crippen LogP contribution is 2.31. The molecule has 2 N–H and O–H groups in total. The van der Waals surface area contributed by atoms with E-state index in [1.165, 1.54) is 12.0 Å². The molecule has 3 heteroatoms. The van der Waals surface area contributed by atoms with Crippen molar-refractivity contribution in [3.63, 3.8) is 0 Å². The molecule has 1 aliphatic heterocycles. The van der Waals surface area contributed by atoms with E-state index >= 15 is 0 Å². The van der Waals surface area contributed by atoms with Gasteiger partial charge in [0.05, 0.1) is 0 Å². The molecule has 1 fully saturated rings. The van der Waals surface area contributed by atoms with Crippen LogP contribution in [-0.2, 0) is 6.54 Å². The number of hydrogen-bond acceptors (Lipinski definition) is 3. The van der Waals surface area contributed by atoms with E-state index in [1.54, 1.807) is 0 Å². The fourth-order valence-electron chi connectivity index (χ4n) is 3.03. The zero-order valence-corrected chi connectivity index (χ0v) is 12.0. The van der Waals surface area contributed by atoms with E-state index in [0.717, 1.165) is 29.8 Å². The first-order valence-corrected chi connectivity index (χ1v) is 6.95. The van der Waals surface area contributed by atoms with E-state index in [0.29, 0.717) is 12.6 Å². The van der Waals surface area contributed by atoms with Gasteiger partial charge in [0.15, 0.2) is 0 Å². The molecule has 2 heterocycles. The molecule has 1 aliphatic rings. The van der Waals surface area contributed by atoms with Gasteiger partial charge in [0.25, 0.3) is 0 Å². The van der Waals surface area contributed by atoms with Gasteiger partial charge in [-0.05, 0) is 49.3 Å². The fourth-order valence-corrected chi connectivity index (χ4v) is 3.03. The average Bonchev–Trinajstić information content (AvgIpc) is 2.34. The summed E-state index contributed by atoms with van der Waals surface area (Å²) in [5, 5.41) is 0. The van der Waals surface area contributed by atoms with Crippen LogP contribution >= 0.6 is 0 Å². The van der Waals surface area contributed by atoms with Crippen LogP contribution in [0.3, 0.4) is 0 Å². The predicted octanol–water partition coefficient (Wildman–Crippen LogP) is 2.72. The first kappa shape index (κ1) is 13.3. The molecule has 100 valence electrons. The van der Waals surface area contributed by atoms with Crippen LogP contribution in [-0.4, -0.2) is 17.6 Å². The number of aryl methyl sites for hydroxylation is 1. The van der Waals surface area contributed by atoms with Crippen molar-refractivity contribution in [3.05, 3.63) is 23.4 Å². The molecular formula is C15H25N3. The lowest BCUT2D eigenvalue weighted by Gasteiger charge is -2.42. The molecule has 1 aromatic heterocycles. The van der Waals surface area contributed by atoms with Crippen LogP contribution in [0, 0.1) is 18.8 Å². The van der Waals surface area contributed by atoms with Crippen molar-refractivity contribution < 1.29 is 0 Å². The summed E-state index contributed by atoms with van der Waals surface area (Å²) < 4.78 is 0. The minimum absolute atomic E-state index is 0.566. The number of pyridine rings is 1. The first-order chi connectivity index (χ1) is 8.52. The molecule has 0 aromatic carbocycles. The van der Waals surface area contributed by atoms with Crippen LogP contribution in [0.15, 0.2) is 12.3 Å². The second-order valence-electron chi connectivity index (χ2n) is 5.90. The molecule has 1 aromatic rings. The van der Waals surface area contributed by atoms with Crippen molar-refractivity contribution >= 4 is 5.82 Å². The van der Waals surface area contributed by atoms with Crippen molar-refractivity contribution in [1.29, 1.82) is 0 Å². The summed E-state index contributed by atoms with van der Waals surface area (Å²) in [7, 11) is 0. The van der Waals surface area contributed by atoms with E-state index in [9.17, 15) is 0 Å². The number of piperidine rings is 1. The molecule has 0 spiro atoms. The molecule has 18 heavy (non-hydrogen) atoms. The van der Waals surface area contributed by atoms with Crippen LogP contribution in [0.25, 0.3) is 0 Å².